The topological polar surface area (TPSA) is 153 Å². The van der Waals surface area contributed by atoms with Crippen LogP contribution >= 0.6 is 0 Å². The van der Waals surface area contributed by atoms with Gasteiger partial charge in [-0.2, -0.15) is 13.2 Å². The van der Waals surface area contributed by atoms with E-state index in [1.807, 2.05) is 24.3 Å². The average molecular weight is 471 g/mol. The Morgan fingerprint density at radius 2 is 1.85 bits per heavy atom. The monoisotopic (exact) mass is 471 g/mol. The molecular formula is C20H24F3N5O5. The highest BCUT2D eigenvalue weighted by molar-refractivity contribution is 6.06. The van der Waals surface area contributed by atoms with Gasteiger partial charge in [-0.3, -0.25) is 0 Å². The van der Waals surface area contributed by atoms with E-state index in [2.05, 4.69) is 14.9 Å². The van der Waals surface area contributed by atoms with E-state index in [9.17, 15) is 18.0 Å². The van der Waals surface area contributed by atoms with E-state index in [-0.39, 0.29) is 0 Å². The molecule has 5 N–H and O–H groups in total. The summed E-state index contributed by atoms with van der Waals surface area (Å²) in [5.74, 6) is -1.44. The van der Waals surface area contributed by atoms with Crippen LogP contribution < -0.4 is 11.1 Å². The van der Waals surface area contributed by atoms with Gasteiger partial charge in [-0.05, 0) is 18.9 Å². The highest BCUT2D eigenvalue weighted by Gasteiger charge is 2.38. The van der Waals surface area contributed by atoms with E-state index in [1.165, 1.54) is 0 Å². The van der Waals surface area contributed by atoms with Crippen molar-refractivity contribution >= 4 is 39.8 Å². The van der Waals surface area contributed by atoms with Crippen LogP contribution in [0.5, 0.6) is 0 Å². The molecule has 0 atom stereocenters. The van der Waals surface area contributed by atoms with Crippen LogP contribution in [0, 0.1) is 0 Å². The lowest BCUT2D eigenvalue weighted by Crippen LogP contribution is -2.22. The predicted octanol–water partition coefficient (Wildman–Crippen LogP) is 3.04. The number of alkyl halides is 3. The summed E-state index contributed by atoms with van der Waals surface area (Å²) in [5.41, 5.74) is 8.67. The Labute approximate surface area is 186 Å². The molecule has 0 saturated heterocycles. The van der Waals surface area contributed by atoms with Crippen LogP contribution in [0.2, 0.25) is 0 Å². The maximum atomic E-state index is 10.6. The fraction of sp³-hybridized carbons (Fsp3) is 0.400. The molecule has 0 spiro atoms. The largest absolute Gasteiger partial charge is 0.490 e. The zero-order chi connectivity index (χ0) is 24.6. The highest BCUT2D eigenvalue weighted by atomic mass is 19.4. The van der Waals surface area contributed by atoms with E-state index in [1.54, 1.807) is 7.11 Å². The summed E-state index contributed by atoms with van der Waals surface area (Å²) in [6.45, 7) is 1.72. The second-order valence-electron chi connectivity index (χ2n) is 6.88. The molecule has 180 valence electrons. The summed E-state index contributed by atoms with van der Waals surface area (Å²) in [6.07, 6.45) is -3.84. The zero-order valence-corrected chi connectivity index (χ0v) is 17.7. The summed E-state index contributed by atoms with van der Waals surface area (Å²) < 4.78 is 39.1. The molecule has 2 heterocycles. The molecular weight excluding hydrogens is 447 g/mol. The number of carboxylic acids is 1. The van der Waals surface area contributed by atoms with Crippen molar-refractivity contribution in [1.29, 1.82) is 0 Å². The molecule has 33 heavy (non-hydrogen) atoms. The number of anilines is 1. The number of aryl methyl sites for hydroxylation is 1. The van der Waals surface area contributed by atoms with Crippen molar-refractivity contribution in [2.45, 2.75) is 32.0 Å². The number of imidazole rings is 1. The summed E-state index contributed by atoms with van der Waals surface area (Å²) in [5, 5.41) is 19.2. The SMILES string of the molecule is COCCc1nc2c(N)nc3ccccc3c2n1CCCCNC(=O)O.O=C(O)C(F)(F)F. The number of methoxy groups -OCH3 is 1. The number of carboxylic acid groups (broad SMARTS) is 2. The van der Waals surface area contributed by atoms with Gasteiger partial charge in [0.2, 0.25) is 0 Å². The number of halogens is 3. The Morgan fingerprint density at radius 1 is 1.18 bits per heavy atom. The lowest BCUT2D eigenvalue weighted by Gasteiger charge is -2.11. The number of carbonyl (C=O) groups is 2. The van der Waals surface area contributed by atoms with Crippen molar-refractivity contribution in [2.24, 2.45) is 0 Å². The number of nitrogens with zero attached hydrogens (tertiary/aromatic N) is 3. The number of unbranched alkanes of at least 4 members (excludes halogenated alkanes) is 1. The van der Waals surface area contributed by atoms with Gasteiger partial charge in [0.05, 0.1) is 17.6 Å². The fourth-order valence-corrected chi connectivity index (χ4v) is 3.12. The minimum Gasteiger partial charge on any atom is -0.475 e. The number of para-hydroxylation sites is 1. The molecule has 0 aliphatic rings. The minimum atomic E-state index is -5.08. The number of pyridine rings is 1. The van der Waals surface area contributed by atoms with Crippen LogP contribution in [-0.2, 0) is 22.5 Å². The Morgan fingerprint density at radius 3 is 2.45 bits per heavy atom. The maximum absolute atomic E-state index is 10.6. The van der Waals surface area contributed by atoms with Crippen LogP contribution in [0.1, 0.15) is 18.7 Å². The first kappa shape index (κ1) is 25.6. The Hall–Kier alpha value is -3.61. The number of nitrogens with one attached hydrogen (secondary N) is 1. The van der Waals surface area contributed by atoms with Crippen LogP contribution in [0.25, 0.3) is 21.9 Å². The molecule has 2 aromatic heterocycles. The predicted molar refractivity (Wildman–Crippen MR) is 114 cm³/mol. The third-order valence-electron chi connectivity index (χ3n) is 4.55. The Balaban J connectivity index is 0.000000479. The lowest BCUT2D eigenvalue weighted by atomic mass is 10.2. The number of nitrogens with two attached hydrogens (primary N) is 1. The number of hydrogen-bond acceptors (Lipinski definition) is 6. The van der Waals surface area contributed by atoms with Crippen molar-refractivity contribution < 1.29 is 37.7 Å². The van der Waals surface area contributed by atoms with E-state index in [0.29, 0.717) is 30.9 Å². The van der Waals surface area contributed by atoms with E-state index < -0.39 is 18.2 Å². The molecule has 0 bridgehead atoms. The van der Waals surface area contributed by atoms with Crippen molar-refractivity contribution in [3.63, 3.8) is 0 Å². The first-order chi connectivity index (χ1) is 15.6. The lowest BCUT2D eigenvalue weighted by molar-refractivity contribution is -0.192. The third kappa shape index (κ3) is 6.94. The molecule has 13 heteroatoms. The molecule has 0 radical (unpaired) electrons. The van der Waals surface area contributed by atoms with Crippen molar-refractivity contribution in [3.05, 3.63) is 30.1 Å². The quantitative estimate of drug-likeness (QED) is 0.366. The number of amides is 1. The van der Waals surface area contributed by atoms with Gasteiger partial charge in [-0.1, -0.05) is 18.2 Å². The molecule has 10 nitrogen and oxygen atoms in total. The summed E-state index contributed by atoms with van der Waals surface area (Å²) >= 11 is 0. The van der Waals surface area contributed by atoms with E-state index >= 15 is 0 Å². The summed E-state index contributed by atoms with van der Waals surface area (Å²) in [4.78, 5) is 28.6. The highest BCUT2D eigenvalue weighted by Crippen LogP contribution is 2.29. The summed E-state index contributed by atoms with van der Waals surface area (Å²) in [7, 11) is 1.66. The second-order valence-corrected chi connectivity index (χ2v) is 6.88. The standard InChI is InChI=1S/C18H23N5O3.C2HF3O2/c1-26-11-8-14-22-15-16(23(14)10-5-4-9-20-18(24)25)12-6-2-3-7-13(12)21-17(15)19;3-2(4,5)1(6)7/h2-3,6-7,20H,4-5,8-11H2,1H3,(H2,19,21)(H,24,25);(H,6,7). The molecule has 1 amide bonds. The van der Waals surface area contributed by atoms with Gasteiger partial charge in [0, 0.05) is 32.0 Å². The van der Waals surface area contributed by atoms with Crippen molar-refractivity contribution in [3.8, 4) is 0 Å². The zero-order valence-electron chi connectivity index (χ0n) is 17.7. The van der Waals surface area contributed by atoms with Crippen LogP contribution in [-0.4, -0.2) is 63.2 Å². The van der Waals surface area contributed by atoms with Crippen molar-refractivity contribution in [2.75, 3.05) is 26.0 Å². The third-order valence-corrected chi connectivity index (χ3v) is 4.55. The van der Waals surface area contributed by atoms with Crippen LogP contribution in [0.4, 0.5) is 23.8 Å². The first-order valence-electron chi connectivity index (χ1n) is 9.85. The fourth-order valence-electron chi connectivity index (χ4n) is 3.12. The van der Waals surface area contributed by atoms with Gasteiger partial charge < -0.3 is 30.6 Å². The maximum Gasteiger partial charge on any atom is 0.490 e. The molecule has 0 aliphatic carbocycles. The molecule has 0 aliphatic heterocycles. The normalized spacial score (nSPS) is 11.3. The van der Waals surface area contributed by atoms with E-state index in [0.717, 1.165) is 41.6 Å². The van der Waals surface area contributed by atoms with Gasteiger partial charge >= 0.3 is 18.2 Å². The number of ether oxygens (including phenoxy) is 1. The molecule has 0 unspecified atom stereocenters. The molecule has 1 aromatic carbocycles. The average Bonchev–Trinajstić information content (AvgIpc) is 3.11. The number of aromatic nitrogens is 3. The summed E-state index contributed by atoms with van der Waals surface area (Å²) in [6, 6.07) is 7.87. The molecule has 0 saturated carbocycles. The number of rotatable bonds is 8. The molecule has 3 aromatic rings. The second kappa shape index (κ2) is 11.3. The van der Waals surface area contributed by atoms with Gasteiger partial charge in [0.1, 0.15) is 11.3 Å². The van der Waals surface area contributed by atoms with Crippen LogP contribution in [0.3, 0.4) is 0 Å². The Kier molecular flexibility index (Phi) is 8.79. The van der Waals surface area contributed by atoms with Gasteiger partial charge in [0.25, 0.3) is 0 Å². The number of fused-ring (bicyclic) bond motifs is 3. The number of hydrogen-bond donors (Lipinski definition) is 4. The number of aliphatic carboxylic acids is 1. The Bertz CT molecular complexity index is 1120. The number of nitrogen functional groups attached to an aromatic ring is 1. The van der Waals surface area contributed by atoms with Gasteiger partial charge in [0.15, 0.2) is 5.82 Å². The smallest absolute Gasteiger partial charge is 0.475 e. The molecule has 0 fully saturated rings. The minimum absolute atomic E-state index is 0.420. The molecule has 3 rings (SSSR count). The number of benzene rings is 1. The first-order valence-corrected chi connectivity index (χ1v) is 9.85. The van der Waals surface area contributed by atoms with Crippen LogP contribution in [0.15, 0.2) is 24.3 Å². The van der Waals surface area contributed by atoms with E-state index in [4.69, 9.17) is 30.5 Å². The van der Waals surface area contributed by atoms with Gasteiger partial charge in [-0.25, -0.2) is 19.6 Å². The van der Waals surface area contributed by atoms with Gasteiger partial charge in [-0.15, -0.1) is 0 Å². The van der Waals surface area contributed by atoms with Crippen molar-refractivity contribution in [1.82, 2.24) is 19.9 Å².